The average Bonchev–Trinajstić information content (AvgIpc) is 3.35. The van der Waals surface area contributed by atoms with Crippen molar-refractivity contribution in [1.82, 2.24) is 4.90 Å². The predicted octanol–water partition coefficient (Wildman–Crippen LogP) is 4.72. The molecule has 1 saturated heterocycles. The Morgan fingerprint density at radius 2 is 2.00 bits per heavy atom. The van der Waals surface area contributed by atoms with Crippen LogP contribution in [0, 0.1) is 0 Å². The van der Waals surface area contributed by atoms with Crippen molar-refractivity contribution in [1.29, 1.82) is 0 Å². The fourth-order valence-electron chi connectivity index (χ4n) is 3.38. The minimum Gasteiger partial charge on any atom is -0.326 e. The number of nitrogens with one attached hydrogen (secondary N) is 1. The number of hydrogen-bond donors (Lipinski definition) is 1. The molecule has 0 radical (unpaired) electrons. The quantitative estimate of drug-likeness (QED) is 0.717. The number of rotatable bonds is 7. The van der Waals surface area contributed by atoms with Crippen molar-refractivity contribution in [3.8, 4) is 0 Å². The highest BCUT2D eigenvalue weighted by atomic mass is 32.1. The zero-order valence-electron chi connectivity index (χ0n) is 15.2. The van der Waals surface area contributed by atoms with Crippen molar-refractivity contribution < 1.29 is 9.59 Å². The molecule has 5 heteroatoms. The third-order valence-electron chi connectivity index (χ3n) is 4.84. The van der Waals surface area contributed by atoms with Gasteiger partial charge in [0, 0.05) is 12.2 Å². The number of likely N-dealkylation sites (tertiary alicyclic amines) is 1. The van der Waals surface area contributed by atoms with Gasteiger partial charge in [-0.3, -0.25) is 9.59 Å². The molecule has 0 saturated carbocycles. The Morgan fingerprint density at radius 3 is 2.69 bits per heavy atom. The lowest BCUT2D eigenvalue weighted by atomic mass is 10.1. The molecule has 0 bridgehead atoms. The van der Waals surface area contributed by atoms with Crippen LogP contribution in [0.25, 0.3) is 0 Å². The second-order valence-corrected chi connectivity index (χ2v) is 7.72. The SMILES string of the molecule is CCCCCc1ccc(NC(=O)C2CCCN2C(=O)c2cccs2)cc1. The minimum atomic E-state index is -0.381. The highest BCUT2D eigenvalue weighted by molar-refractivity contribution is 7.12. The van der Waals surface area contributed by atoms with Crippen LogP contribution in [0.5, 0.6) is 0 Å². The third kappa shape index (κ3) is 4.52. The van der Waals surface area contributed by atoms with Crippen molar-refractivity contribution in [2.75, 3.05) is 11.9 Å². The van der Waals surface area contributed by atoms with E-state index in [4.69, 9.17) is 0 Å². The molecule has 3 rings (SSSR count). The van der Waals surface area contributed by atoms with Crippen LogP contribution in [0.1, 0.15) is 54.3 Å². The fourth-order valence-corrected chi connectivity index (χ4v) is 4.06. The summed E-state index contributed by atoms with van der Waals surface area (Å²) in [5, 5.41) is 4.87. The number of aryl methyl sites for hydroxylation is 1. The Kier molecular flexibility index (Phi) is 6.45. The normalized spacial score (nSPS) is 16.7. The number of carbonyl (C=O) groups is 2. The average molecular weight is 371 g/mol. The number of carbonyl (C=O) groups excluding carboxylic acids is 2. The van der Waals surface area contributed by atoms with E-state index in [2.05, 4.69) is 24.4 Å². The van der Waals surface area contributed by atoms with Gasteiger partial charge >= 0.3 is 0 Å². The van der Waals surface area contributed by atoms with Gasteiger partial charge in [-0.1, -0.05) is 38.0 Å². The van der Waals surface area contributed by atoms with E-state index in [0.29, 0.717) is 11.4 Å². The molecule has 2 amide bonds. The van der Waals surface area contributed by atoms with Gasteiger partial charge in [0.15, 0.2) is 0 Å². The van der Waals surface area contributed by atoms with E-state index in [1.807, 2.05) is 29.6 Å². The predicted molar refractivity (Wildman–Crippen MR) is 107 cm³/mol. The first-order valence-electron chi connectivity index (χ1n) is 9.43. The molecule has 1 fully saturated rings. The van der Waals surface area contributed by atoms with Crippen LogP contribution in [0.2, 0.25) is 0 Å². The number of unbranched alkanes of at least 4 members (excludes halogenated alkanes) is 2. The van der Waals surface area contributed by atoms with E-state index in [0.717, 1.165) is 24.9 Å². The molecule has 1 aliphatic rings. The first kappa shape index (κ1) is 18.6. The Morgan fingerprint density at radius 1 is 1.19 bits per heavy atom. The Labute approximate surface area is 159 Å². The Bertz CT molecular complexity index is 725. The molecule has 1 N–H and O–H groups in total. The van der Waals surface area contributed by atoms with Crippen molar-refractivity contribution in [2.45, 2.75) is 51.5 Å². The van der Waals surface area contributed by atoms with Gasteiger partial charge in [0.1, 0.15) is 6.04 Å². The van der Waals surface area contributed by atoms with E-state index < -0.39 is 0 Å². The van der Waals surface area contributed by atoms with Crippen LogP contribution in [-0.4, -0.2) is 29.3 Å². The van der Waals surface area contributed by atoms with E-state index >= 15 is 0 Å². The first-order valence-corrected chi connectivity index (χ1v) is 10.3. The van der Waals surface area contributed by atoms with Gasteiger partial charge in [0.05, 0.1) is 4.88 Å². The molecule has 0 spiro atoms. The summed E-state index contributed by atoms with van der Waals surface area (Å²) < 4.78 is 0. The Hall–Kier alpha value is -2.14. The van der Waals surface area contributed by atoms with E-state index in [1.165, 1.54) is 36.2 Å². The molecule has 1 aromatic heterocycles. The van der Waals surface area contributed by atoms with Gasteiger partial charge in [0.25, 0.3) is 5.91 Å². The molecule has 2 aromatic rings. The van der Waals surface area contributed by atoms with Crippen molar-refractivity contribution in [2.24, 2.45) is 0 Å². The molecule has 4 nitrogen and oxygen atoms in total. The van der Waals surface area contributed by atoms with Crippen molar-refractivity contribution >= 4 is 28.8 Å². The lowest BCUT2D eigenvalue weighted by Gasteiger charge is -2.23. The van der Waals surface area contributed by atoms with Crippen LogP contribution in [-0.2, 0) is 11.2 Å². The van der Waals surface area contributed by atoms with Gasteiger partial charge in [0.2, 0.25) is 5.91 Å². The summed E-state index contributed by atoms with van der Waals surface area (Å²) >= 11 is 1.42. The van der Waals surface area contributed by atoms with E-state index in [-0.39, 0.29) is 17.9 Å². The van der Waals surface area contributed by atoms with Crippen LogP contribution in [0.4, 0.5) is 5.69 Å². The van der Waals surface area contributed by atoms with Crippen LogP contribution < -0.4 is 5.32 Å². The van der Waals surface area contributed by atoms with Gasteiger partial charge < -0.3 is 10.2 Å². The number of nitrogens with zero attached hydrogens (tertiary/aromatic N) is 1. The smallest absolute Gasteiger partial charge is 0.264 e. The lowest BCUT2D eigenvalue weighted by Crippen LogP contribution is -2.42. The molecule has 0 aliphatic carbocycles. The summed E-state index contributed by atoms with van der Waals surface area (Å²) in [7, 11) is 0. The molecular weight excluding hydrogens is 344 g/mol. The topological polar surface area (TPSA) is 49.4 Å². The molecule has 1 aromatic carbocycles. The summed E-state index contributed by atoms with van der Waals surface area (Å²) in [4.78, 5) is 27.7. The summed E-state index contributed by atoms with van der Waals surface area (Å²) in [6.45, 7) is 2.85. The van der Waals surface area contributed by atoms with Crippen molar-refractivity contribution in [3.63, 3.8) is 0 Å². The third-order valence-corrected chi connectivity index (χ3v) is 5.70. The van der Waals surface area contributed by atoms with Crippen molar-refractivity contribution in [3.05, 3.63) is 52.2 Å². The molecule has 1 atom stereocenters. The molecular formula is C21H26N2O2S. The zero-order valence-corrected chi connectivity index (χ0v) is 16.1. The second kappa shape index (κ2) is 8.99. The van der Waals surface area contributed by atoms with Gasteiger partial charge in [-0.25, -0.2) is 0 Å². The number of anilines is 1. The van der Waals surface area contributed by atoms with E-state index in [9.17, 15) is 9.59 Å². The highest BCUT2D eigenvalue weighted by Gasteiger charge is 2.34. The standard InChI is InChI=1S/C21H26N2O2S/c1-2-3-4-7-16-10-12-17(13-11-16)22-20(24)18-8-5-14-23(18)21(25)19-9-6-15-26-19/h6,9-13,15,18H,2-5,7-8,14H2,1H3,(H,22,24). The summed E-state index contributed by atoms with van der Waals surface area (Å²) in [6.07, 6.45) is 6.33. The summed E-state index contributed by atoms with van der Waals surface area (Å²) in [5.74, 6) is -0.130. The summed E-state index contributed by atoms with van der Waals surface area (Å²) in [6, 6.07) is 11.4. The maximum atomic E-state index is 12.7. The maximum absolute atomic E-state index is 12.7. The number of benzene rings is 1. The molecule has 1 unspecified atom stereocenters. The molecule has 26 heavy (non-hydrogen) atoms. The second-order valence-electron chi connectivity index (χ2n) is 6.78. The summed E-state index contributed by atoms with van der Waals surface area (Å²) in [5.41, 5.74) is 2.09. The van der Waals surface area contributed by atoms with E-state index in [1.54, 1.807) is 4.90 Å². The first-order chi connectivity index (χ1) is 12.7. The van der Waals surface area contributed by atoms with Gasteiger partial charge in [-0.15, -0.1) is 11.3 Å². The van der Waals surface area contributed by atoms with Crippen LogP contribution >= 0.6 is 11.3 Å². The number of thiophene rings is 1. The zero-order chi connectivity index (χ0) is 18.4. The fraction of sp³-hybridized carbons (Fsp3) is 0.429. The molecule has 2 heterocycles. The van der Waals surface area contributed by atoms with Crippen LogP contribution in [0.15, 0.2) is 41.8 Å². The minimum absolute atomic E-state index is 0.0380. The number of amides is 2. The molecule has 1 aliphatic heterocycles. The maximum Gasteiger partial charge on any atom is 0.264 e. The molecule has 138 valence electrons. The van der Waals surface area contributed by atoms with Gasteiger partial charge in [-0.05, 0) is 54.8 Å². The lowest BCUT2D eigenvalue weighted by molar-refractivity contribution is -0.119. The van der Waals surface area contributed by atoms with Gasteiger partial charge in [-0.2, -0.15) is 0 Å². The Balaban J connectivity index is 1.59. The monoisotopic (exact) mass is 370 g/mol. The number of hydrogen-bond acceptors (Lipinski definition) is 3. The highest BCUT2D eigenvalue weighted by Crippen LogP contribution is 2.23. The largest absolute Gasteiger partial charge is 0.326 e. The van der Waals surface area contributed by atoms with Crippen LogP contribution in [0.3, 0.4) is 0 Å².